The first-order valence-corrected chi connectivity index (χ1v) is 15.2. The van der Waals surface area contributed by atoms with Gasteiger partial charge in [0.2, 0.25) is 0 Å². The van der Waals surface area contributed by atoms with Gasteiger partial charge in [0, 0.05) is 37.1 Å². The standard InChI is InChI=1S/C36H50N2/c1-3-5-7-9-11-13-27-37-29-23-35(24-30-37)21-19-33-15-17-34(18-16-33)20-22-36-25-31-38(32-26-36)28-14-12-10-8-6-4-2/h15-26,29-32H,3-14,27-28H2,1-2H3/q+2/b21-19+,22-20+. The van der Waals surface area contributed by atoms with E-state index in [1.807, 2.05) is 0 Å². The van der Waals surface area contributed by atoms with E-state index in [4.69, 9.17) is 0 Å². The molecule has 38 heavy (non-hydrogen) atoms. The molecule has 0 saturated carbocycles. The maximum Gasteiger partial charge on any atom is 0.169 e. The third kappa shape index (κ3) is 12.0. The van der Waals surface area contributed by atoms with E-state index in [9.17, 15) is 0 Å². The Morgan fingerprint density at radius 3 is 1.03 bits per heavy atom. The number of rotatable bonds is 18. The maximum atomic E-state index is 2.31. The molecule has 0 atom stereocenters. The number of hydrogen-bond acceptors (Lipinski definition) is 0. The Morgan fingerprint density at radius 2 is 0.684 bits per heavy atom. The van der Waals surface area contributed by atoms with E-state index in [1.54, 1.807) is 0 Å². The van der Waals surface area contributed by atoms with Gasteiger partial charge in [0.1, 0.15) is 13.1 Å². The smallest absolute Gasteiger partial charge is 0.169 e. The molecule has 0 radical (unpaired) electrons. The fourth-order valence-electron chi connectivity index (χ4n) is 4.71. The van der Waals surface area contributed by atoms with Crippen molar-refractivity contribution in [2.45, 2.75) is 104 Å². The van der Waals surface area contributed by atoms with Crippen LogP contribution in [0.3, 0.4) is 0 Å². The monoisotopic (exact) mass is 510 g/mol. The molecular formula is C36H50N2+2. The van der Waals surface area contributed by atoms with Crippen molar-refractivity contribution in [3.8, 4) is 0 Å². The SMILES string of the molecule is CCCCCCCC[n+]1ccc(/C=C/c2ccc(/C=C/c3cc[n+](CCCCCCCC)cc3)cc2)cc1. The molecule has 1 aromatic carbocycles. The van der Waals surface area contributed by atoms with E-state index < -0.39 is 0 Å². The average molecular weight is 511 g/mol. The number of aryl methyl sites for hydroxylation is 2. The first-order chi connectivity index (χ1) is 18.8. The predicted molar refractivity (Wildman–Crippen MR) is 164 cm³/mol. The Morgan fingerprint density at radius 1 is 0.395 bits per heavy atom. The van der Waals surface area contributed by atoms with Crippen LogP contribution in [0.5, 0.6) is 0 Å². The first kappa shape index (κ1) is 29.6. The summed E-state index contributed by atoms with van der Waals surface area (Å²) in [6, 6.07) is 17.6. The number of pyridine rings is 2. The van der Waals surface area contributed by atoms with Crippen LogP contribution in [0, 0.1) is 0 Å². The van der Waals surface area contributed by atoms with Gasteiger partial charge >= 0.3 is 0 Å². The summed E-state index contributed by atoms with van der Waals surface area (Å²) < 4.78 is 4.61. The van der Waals surface area contributed by atoms with Gasteiger partial charge in [0.25, 0.3) is 0 Å². The van der Waals surface area contributed by atoms with E-state index in [0.29, 0.717) is 0 Å². The molecule has 2 heteroatoms. The molecule has 0 spiro atoms. The largest absolute Gasteiger partial charge is 0.205 e. The predicted octanol–water partition coefficient (Wildman–Crippen LogP) is 9.32. The van der Waals surface area contributed by atoms with Crippen molar-refractivity contribution in [2.75, 3.05) is 0 Å². The Bertz CT molecular complexity index is 971. The van der Waals surface area contributed by atoms with Crippen molar-refractivity contribution in [1.82, 2.24) is 0 Å². The molecule has 0 unspecified atom stereocenters. The molecule has 202 valence electrons. The van der Waals surface area contributed by atoms with Gasteiger partial charge in [-0.25, -0.2) is 9.13 Å². The zero-order valence-electron chi connectivity index (χ0n) is 24.0. The van der Waals surface area contributed by atoms with Gasteiger partial charge in [-0.05, 0) is 35.1 Å². The van der Waals surface area contributed by atoms with Gasteiger partial charge < -0.3 is 0 Å². The highest BCUT2D eigenvalue weighted by Crippen LogP contribution is 2.12. The Labute approximate surface area is 232 Å². The second-order valence-corrected chi connectivity index (χ2v) is 10.6. The minimum absolute atomic E-state index is 1.12. The fraction of sp³-hybridized carbons (Fsp3) is 0.444. The maximum absolute atomic E-state index is 2.31. The van der Waals surface area contributed by atoms with E-state index in [2.05, 4.69) is 121 Å². The van der Waals surface area contributed by atoms with Crippen molar-refractivity contribution in [3.05, 3.63) is 95.6 Å². The van der Waals surface area contributed by atoms with Crippen LogP contribution >= 0.6 is 0 Å². The van der Waals surface area contributed by atoms with E-state index in [-0.39, 0.29) is 0 Å². The van der Waals surface area contributed by atoms with Crippen LogP contribution < -0.4 is 9.13 Å². The fourth-order valence-corrected chi connectivity index (χ4v) is 4.71. The minimum Gasteiger partial charge on any atom is -0.205 e. The second-order valence-electron chi connectivity index (χ2n) is 10.6. The van der Waals surface area contributed by atoms with Crippen LogP contribution in [-0.4, -0.2) is 0 Å². The van der Waals surface area contributed by atoms with E-state index in [0.717, 1.165) is 13.1 Å². The van der Waals surface area contributed by atoms with Gasteiger partial charge in [-0.2, -0.15) is 0 Å². The highest BCUT2D eigenvalue weighted by molar-refractivity contribution is 5.72. The molecule has 0 N–H and O–H groups in total. The van der Waals surface area contributed by atoms with Crippen molar-refractivity contribution in [3.63, 3.8) is 0 Å². The second kappa shape index (κ2) is 18.3. The van der Waals surface area contributed by atoms with Gasteiger partial charge in [-0.1, -0.05) is 114 Å². The first-order valence-electron chi connectivity index (χ1n) is 15.2. The summed E-state index contributed by atoms with van der Waals surface area (Å²) in [5.74, 6) is 0. The summed E-state index contributed by atoms with van der Waals surface area (Å²) in [5, 5.41) is 0. The van der Waals surface area contributed by atoms with Gasteiger partial charge in [-0.3, -0.25) is 0 Å². The lowest BCUT2D eigenvalue weighted by Crippen LogP contribution is -2.32. The van der Waals surface area contributed by atoms with Crippen LogP contribution in [-0.2, 0) is 13.1 Å². The molecule has 0 aliphatic carbocycles. The molecule has 2 nitrogen and oxygen atoms in total. The quantitative estimate of drug-likeness (QED) is 0.119. The highest BCUT2D eigenvalue weighted by atomic mass is 14.9. The zero-order valence-corrected chi connectivity index (χ0v) is 24.0. The number of unbranched alkanes of at least 4 members (excludes halogenated alkanes) is 10. The van der Waals surface area contributed by atoms with Crippen molar-refractivity contribution in [1.29, 1.82) is 0 Å². The number of hydrogen-bond donors (Lipinski definition) is 0. The molecule has 0 aliphatic heterocycles. The summed E-state index contributed by atoms with van der Waals surface area (Å²) in [7, 11) is 0. The summed E-state index contributed by atoms with van der Waals surface area (Å²) in [5.41, 5.74) is 4.93. The van der Waals surface area contributed by atoms with Crippen LogP contribution in [0.25, 0.3) is 24.3 Å². The molecule has 3 rings (SSSR count). The van der Waals surface area contributed by atoms with E-state index >= 15 is 0 Å². The lowest BCUT2D eigenvalue weighted by atomic mass is 10.1. The number of benzene rings is 1. The normalized spacial score (nSPS) is 11.6. The highest BCUT2D eigenvalue weighted by Gasteiger charge is 2.01. The molecule has 0 fully saturated rings. The lowest BCUT2D eigenvalue weighted by molar-refractivity contribution is -0.697. The molecule has 0 bridgehead atoms. The van der Waals surface area contributed by atoms with Gasteiger partial charge in [0.15, 0.2) is 24.8 Å². The van der Waals surface area contributed by atoms with Crippen molar-refractivity contribution in [2.24, 2.45) is 0 Å². The summed E-state index contributed by atoms with van der Waals surface area (Å²) in [6.07, 6.45) is 33.7. The molecule has 0 saturated heterocycles. The van der Waals surface area contributed by atoms with Crippen molar-refractivity contribution < 1.29 is 9.13 Å². The van der Waals surface area contributed by atoms with Crippen LogP contribution in [0.4, 0.5) is 0 Å². The number of nitrogens with zero attached hydrogens (tertiary/aromatic N) is 2. The lowest BCUT2D eigenvalue weighted by Gasteiger charge is -2.00. The molecular weight excluding hydrogens is 460 g/mol. The van der Waals surface area contributed by atoms with Crippen LogP contribution in [0.2, 0.25) is 0 Å². The van der Waals surface area contributed by atoms with Gasteiger partial charge in [-0.15, -0.1) is 0 Å². The zero-order chi connectivity index (χ0) is 26.7. The molecule has 0 aliphatic rings. The number of aromatic nitrogens is 2. The summed E-state index contributed by atoms with van der Waals surface area (Å²) >= 11 is 0. The van der Waals surface area contributed by atoms with Crippen LogP contribution in [0.15, 0.2) is 73.3 Å². The summed E-state index contributed by atoms with van der Waals surface area (Å²) in [4.78, 5) is 0. The molecule has 3 aromatic rings. The average Bonchev–Trinajstić information content (AvgIpc) is 2.96. The summed E-state index contributed by atoms with van der Waals surface area (Å²) in [6.45, 7) is 6.78. The third-order valence-electron chi connectivity index (χ3n) is 7.25. The molecule has 2 aromatic heterocycles. The molecule has 0 amide bonds. The van der Waals surface area contributed by atoms with Crippen LogP contribution in [0.1, 0.15) is 113 Å². The van der Waals surface area contributed by atoms with Gasteiger partial charge in [0.05, 0.1) is 0 Å². The Hall–Kier alpha value is -3.00. The minimum atomic E-state index is 1.12. The Kier molecular flexibility index (Phi) is 14.2. The third-order valence-corrected chi connectivity index (χ3v) is 7.25. The topological polar surface area (TPSA) is 7.76 Å². The Balaban J connectivity index is 1.39. The molecule has 2 heterocycles. The van der Waals surface area contributed by atoms with E-state index in [1.165, 1.54) is 99.3 Å². The van der Waals surface area contributed by atoms with Crippen molar-refractivity contribution >= 4 is 24.3 Å².